The zero-order chi connectivity index (χ0) is 14.5. The highest BCUT2D eigenvalue weighted by Crippen LogP contribution is 2.26. The number of benzene rings is 1. The molecule has 2 atom stereocenters. The van der Waals surface area contributed by atoms with Gasteiger partial charge < -0.3 is 15.0 Å². The number of rotatable bonds is 6. The molecule has 0 amide bonds. The Kier molecular flexibility index (Phi) is 5.44. The molecule has 1 saturated heterocycles. The lowest BCUT2D eigenvalue weighted by molar-refractivity contribution is 0.275. The van der Waals surface area contributed by atoms with Gasteiger partial charge in [-0.3, -0.25) is 0 Å². The number of methoxy groups -OCH3 is 1. The van der Waals surface area contributed by atoms with Crippen LogP contribution in [0.3, 0.4) is 0 Å². The van der Waals surface area contributed by atoms with E-state index >= 15 is 0 Å². The molecule has 0 saturated carbocycles. The van der Waals surface area contributed by atoms with E-state index < -0.39 is 0 Å². The summed E-state index contributed by atoms with van der Waals surface area (Å²) in [7, 11) is 3.76. The Labute approximate surface area is 123 Å². The Hall–Kier alpha value is -1.06. The van der Waals surface area contributed by atoms with Gasteiger partial charge in [-0.25, -0.2) is 0 Å². The predicted octanol–water partition coefficient (Wildman–Crippen LogP) is 2.93. The van der Waals surface area contributed by atoms with E-state index in [9.17, 15) is 0 Å². The molecule has 0 aromatic heterocycles. The van der Waals surface area contributed by atoms with E-state index in [-0.39, 0.29) is 0 Å². The predicted molar refractivity (Wildman–Crippen MR) is 84.2 cm³/mol. The summed E-state index contributed by atoms with van der Waals surface area (Å²) < 4.78 is 5.23. The van der Waals surface area contributed by atoms with Crippen molar-refractivity contribution in [2.75, 3.05) is 33.8 Å². The Balaban J connectivity index is 1.95. The lowest BCUT2D eigenvalue weighted by Crippen LogP contribution is -2.32. The number of nitrogens with one attached hydrogen (secondary N) is 1. The minimum Gasteiger partial charge on any atom is -0.497 e. The van der Waals surface area contributed by atoms with Gasteiger partial charge >= 0.3 is 0 Å². The average Bonchev–Trinajstić information content (AvgIpc) is 2.94. The molecule has 112 valence electrons. The molecule has 0 radical (unpaired) electrons. The summed E-state index contributed by atoms with van der Waals surface area (Å²) in [5.41, 5.74) is 1.33. The fourth-order valence-electron chi connectivity index (χ4n) is 3.03. The van der Waals surface area contributed by atoms with Crippen LogP contribution >= 0.6 is 0 Å². The maximum atomic E-state index is 5.23. The van der Waals surface area contributed by atoms with Gasteiger partial charge in [0.2, 0.25) is 0 Å². The van der Waals surface area contributed by atoms with Crippen molar-refractivity contribution in [2.24, 2.45) is 11.8 Å². The van der Waals surface area contributed by atoms with Crippen LogP contribution in [0.1, 0.15) is 31.9 Å². The van der Waals surface area contributed by atoms with Crippen molar-refractivity contribution in [3.05, 3.63) is 29.8 Å². The van der Waals surface area contributed by atoms with Crippen molar-refractivity contribution < 1.29 is 4.74 Å². The molecule has 0 spiro atoms. The quantitative estimate of drug-likeness (QED) is 0.864. The first kappa shape index (κ1) is 15.3. The molecule has 3 heteroatoms. The third-order valence-electron chi connectivity index (χ3n) is 4.56. The van der Waals surface area contributed by atoms with Gasteiger partial charge in [-0.1, -0.05) is 26.0 Å². The molecule has 1 aromatic rings. The second-order valence-corrected chi connectivity index (χ2v) is 6.17. The summed E-state index contributed by atoms with van der Waals surface area (Å²) in [6.45, 7) is 8.25. The number of hydrogen-bond acceptors (Lipinski definition) is 3. The second-order valence-electron chi connectivity index (χ2n) is 6.17. The maximum absolute atomic E-state index is 5.23. The molecule has 3 nitrogen and oxygen atoms in total. The van der Waals surface area contributed by atoms with Crippen molar-refractivity contribution in [1.82, 2.24) is 10.2 Å². The van der Waals surface area contributed by atoms with E-state index in [1.165, 1.54) is 25.1 Å². The summed E-state index contributed by atoms with van der Waals surface area (Å²) in [6.07, 6.45) is 1.34. The summed E-state index contributed by atoms with van der Waals surface area (Å²) >= 11 is 0. The number of nitrogens with zero attached hydrogens (tertiary/aromatic N) is 1. The molecule has 20 heavy (non-hydrogen) atoms. The molecule has 2 unspecified atom stereocenters. The van der Waals surface area contributed by atoms with Gasteiger partial charge in [-0.15, -0.1) is 0 Å². The summed E-state index contributed by atoms with van der Waals surface area (Å²) in [4.78, 5) is 2.59. The van der Waals surface area contributed by atoms with Gasteiger partial charge in [0, 0.05) is 19.1 Å². The normalized spacial score (nSPS) is 21.4. The van der Waals surface area contributed by atoms with E-state index in [2.05, 4.69) is 36.2 Å². The molecule has 1 aromatic carbocycles. The third kappa shape index (κ3) is 3.74. The first-order valence-corrected chi connectivity index (χ1v) is 7.67. The number of ether oxygens (including phenoxy) is 1. The van der Waals surface area contributed by atoms with Crippen LogP contribution < -0.4 is 10.1 Å². The van der Waals surface area contributed by atoms with Crippen LogP contribution in [0.25, 0.3) is 0 Å². The Morgan fingerprint density at radius 3 is 2.50 bits per heavy atom. The van der Waals surface area contributed by atoms with Crippen LogP contribution in [-0.4, -0.2) is 38.7 Å². The van der Waals surface area contributed by atoms with Gasteiger partial charge in [0.1, 0.15) is 5.75 Å². The van der Waals surface area contributed by atoms with Crippen LogP contribution in [-0.2, 0) is 0 Å². The van der Waals surface area contributed by atoms with Crippen LogP contribution in [0.4, 0.5) is 0 Å². The average molecular weight is 276 g/mol. The second kappa shape index (κ2) is 7.09. The van der Waals surface area contributed by atoms with E-state index in [1.807, 2.05) is 19.2 Å². The monoisotopic (exact) mass is 276 g/mol. The van der Waals surface area contributed by atoms with E-state index in [0.717, 1.165) is 24.1 Å². The number of likely N-dealkylation sites (N-methyl/N-ethyl adjacent to an activating group) is 1. The van der Waals surface area contributed by atoms with E-state index in [0.29, 0.717) is 6.04 Å². The molecular weight excluding hydrogens is 248 g/mol. The highest BCUT2D eigenvalue weighted by atomic mass is 16.5. The highest BCUT2D eigenvalue weighted by molar-refractivity contribution is 5.29. The van der Waals surface area contributed by atoms with E-state index in [4.69, 9.17) is 4.74 Å². The fraction of sp³-hybridized carbons (Fsp3) is 0.647. The smallest absolute Gasteiger partial charge is 0.118 e. The molecule has 1 aliphatic heterocycles. The maximum Gasteiger partial charge on any atom is 0.118 e. The summed E-state index contributed by atoms with van der Waals surface area (Å²) in [5, 5.41) is 3.44. The fourth-order valence-corrected chi connectivity index (χ4v) is 3.03. The van der Waals surface area contributed by atoms with Gasteiger partial charge in [0.15, 0.2) is 0 Å². The van der Waals surface area contributed by atoms with Crippen molar-refractivity contribution in [2.45, 2.75) is 26.3 Å². The standard InChI is InChI=1S/C17H28N2O/c1-13(2)15-9-10-19(11-15)12-17(18-3)14-5-7-16(20-4)8-6-14/h5-8,13,15,17-18H,9-12H2,1-4H3. The number of hydrogen-bond donors (Lipinski definition) is 1. The molecule has 1 aliphatic rings. The Bertz CT molecular complexity index is 402. The number of likely N-dealkylation sites (tertiary alicyclic amines) is 1. The van der Waals surface area contributed by atoms with Gasteiger partial charge in [0.25, 0.3) is 0 Å². The largest absolute Gasteiger partial charge is 0.497 e. The third-order valence-corrected chi connectivity index (χ3v) is 4.56. The summed E-state index contributed by atoms with van der Waals surface area (Å²) in [5.74, 6) is 2.59. The topological polar surface area (TPSA) is 24.5 Å². The van der Waals surface area contributed by atoms with E-state index in [1.54, 1.807) is 7.11 Å². The minimum absolute atomic E-state index is 0.395. The lowest BCUT2D eigenvalue weighted by Gasteiger charge is -2.24. The van der Waals surface area contributed by atoms with Gasteiger partial charge in [-0.05, 0) is 49.5 Å². The van der Waals surface area contributed by atoms with Crippen molar-refractivity contribution in [3.8, 4) is 5.75 Å². The Morgan fingerprint density at radius 2 is 2.00 bits per heavy atom. The molecule has 0 aliphatic carbocycles. The molecule has 1 heterocycles. The van der Waals surface area contributed by atoms with Crippen LogP contribution in [0.15, 0.2) is 24.3 Å². The minimum atomic E-state index is 0.395. The molecule has 1 fully saturated rings. The zero-order valence-corrected chi connectivity index (χ0v) is 13.2. The van der Waals surface area contributed by atoms with Crippen LogP contribution in [0, 0.1) is 11.8 Å². The molecule has 2 rings (SSSR count). The highest BCUT2D eigenvalue weighted by Gasteiger charge is 2.26. The molecule has 1 N–H and O–H groups in total. The van der Waals surface area contributed by atoms with Crippen molar-refractivity contribution in [3.63, 3.8) is 0 Å². The van der Waals surface area contributed by atoms with Crippen LogP contribution in [0.2, 0.25) is 0 Å². The molecular formula is C17H28N2O. The SMILES string of the molecule is CNC(CN1CCC(C(C)C)C1)c1ccc(OC)cc1. The summed E-state index contributed by atoms with van der Waals surface area (Å²) in [6, 6.07) is 8.81. The first-order valence-electron chi connectivity index (χ1n) is 7.67. The first-order chi connectivity index (χ1) is 9.63. The zero-order valence-electron chi connectivity index (χ0n) is 13.2. The Morgan fingerprint density at radius 1 is 1.30 bits per heavy atom. The lowest BCUT2D eigenvalue weighted by atomic mass is 9.95. The molecule has 0 bridgehead atoms. The van der Waals surface area contributed by atoms with Gasteiger partial charge in [-0.2, -0.15) is 0 Å². The van der Waals surface area contributed by atoms with Crippen LogP contribution in [0.5, 0.6) is 5.75 Å². The van der Waals surface area contributed by atoms with Crippen molar-refractivity contribution >= 4 is 0 Å². The van der Waals surface area contributed by atoms with Crippen molar-refractivity contribution in [1.29, 1.82) is 0 Å². The van der Waals surface area contributed by atoms with Gasteiger partial charge in [0.05, 0.1) is 7.11 Å².